The van der Waals surface area contributed by atoms with E-state index in [-0.39, 0.29) is 33.4 Å². The fourth-order valence-corrected chi connectivity index (χ4v) is 4.37. The van der Waals surface area contributed by atoms with Crippen molar-refractivity contribution in [1.29, 1.82) is 5.26 Å². The van der Waals surface area contributed by atoms with Gasteiger partial charge >= 0.3 is 6.18 Å². The van der Waals surface area contributed by atoms with Crippen molar-refractivity contribution in [3.8, 4) is 6.07 Å². The van der Waals surface area contributed by atoms with Gasteiger partial charge in [-0.05, 0) is 43.4 Å². The summed E-state index contributed by atoms with van der Waals surface area (Å²) >= 11 is 12.2. The number of fused-ring (bicyclic) bond motifs is 1. The molecule has 1 heterocycles. The van der Waals surface area contributed by atoms with Crippen molar-refractivity contribution in [2.75, 3.05) is 31.1 Å². The molecule has 0 fully saturated rings. The van der Waals surface area contributed by atoms with E-state index in [1.54, 1.807) is 6.07 Å². The van der Waals surface area contributed by atoms with Gasteiger partial charge in [-0.15, -0.1) is 0 Å². The second-order valence-electron chi connectivity index (χ2n) is 7.35. The summed E-state index contributed by atoms with van der Waals surface area (Å²) in [4.78, 5) is 16.6. The Hall–Kier alpha value is -2.31. The average Bonchev–Trinajstić information content (AvgIpc) is 2.96. The number of nitrogens with zero attached hydrogens (tertiary/aromatic N) is 3. The third-order valence-electron chi connectivity index (χ3n) is 5.61. The summed E-state index contributed by atoms with van der Waals surface area (Å²) in [7, 11) is 0. The summed E-state index contributed by atoms with van der Waals surface area (Å²) in [5, 5.41) is 20.9. The summed E-state index contributed by atoms with van der Waals surface area (Å²) < 4.78 is 42.2. The lowest BCUT2D eigenvalue weighted by molar-refractivity contribution is -0.142. The van der Waals surface area contributed by atoms with E-state index in [2.05, 4.69) is 0 Å². The maximum Gasteiger partial charge on any atom is 0.416 e. The Bertz CT molecular complexity index is 1100. The van der Waals surface area contributed by atoms with Gasteiger partial charge in [-0.2, -0.15) is 18.4 Å². The number of hydrogen-bond acceptors (Lipinski definition) is 4. The smallest absolute Gasteiger partial charge is 0.372 e. The molecule has 5 nitrogen and oxygen atoms in total. The molecule has 0 aliphatic carbocycles. The maximum absolute atomic E-state index is 14.1. The van der Waals surface area contributed by atoms with Crippen LogP contribution in [0.1, 0.15) is 36.1 Å². The summed E-state index contributed by atoms with van der Waals surface area (Å²) in [6.07, 6.45) is -4.94. The second-order valence-corrected chi connectivity index (χ2v) is 8.19. The van der Waals surface area contributed by atoms with Crippen molar-refractivity contribution in [1.82, 2.24) is 4.90 Å². The first kappa shape index (κ1) is 24.3. The highest BCUT2D eigenvalue weighted by Gasteiger charge is 2.56. The van der Waals surface area contributed by atoms with Crippen LogP contribution in [-0.4, -0.2) is 42.1 Å². The fraction of sp³-hybridized carbons (Fsp3) is 0.364. The molecule has 1 atom stereocenters. The summed E-state index contributed by atoms with van der Waals surface area (Å²) in [5.41, 5.74) is -5.36. The number of alkyl halides is 3. The van der Waals surface area contributed by atoms with E-state index in [1.807, 2.05) is 18.7 Å². The van der Waals surface area contributed by atoms with Crippen LogP contribution in [0.15, 0.2) is 30.3 Å². The molecule has 1 aliphatic rings. The number of anilines is 1. The quantitative estimate of drug-likeness (QED) is 0.637. The van der Waals surface area contributed by atoms with Crippen LogP contribution in [0.25, 0.3) is 0 Å². The largest absolute Gasteiger partial charge is 0.416 e. The Morgan fingerprint density at radius 3 is 2.41 bits per heavy atom. The third-order valence-corrected chi connectivity index (χ3v) is 6.18. The molecule has 32 heavy (non-hydrogen) atoms. The number of likely N-dealkylation sites (N-methyl/N-ethyl adjacent to an activating group) is 1. The molecule has 0 saturated heterocycles. The minimum atomic E-state index is -4.94. The van der Waals surface area contributed by atoms with Crippen LogP contribution < -0.4 is 4.90 Å². The van der Waals surface area contributed by atoms with Crippen molar-refractivity contribution < 1.29 is 23.1 Å². The molecule has 10 heteroatoms. The first-order chi connectivity index (χ1) is 15.0. The number of carbonyl (C=O) groups excluding carboxylic acids is 1. The zero-order valence-corrected chi connectivity index (χ0v) is 18.8. The molecule has 0 spiro atoms. The van der Waals surface area contributed by atoms with E-state index in [0.717, 1.165) is 4.90 Å². The van der Waals surface area contributed by atoms with Gasteiger partial charge in [0, 0.05) is 34.3 Å². The Morgan fingerprint density at radius 1 is 1.19 bits per heavy atom. The van der Waals surface area contributed by atoms with Crippen molar-refractivity contribution >= 4 is 34.8 Å². The Balaban J connectivity index is 2.32. The number of aliphatic hydroxyl groups is 1. The second kappa shape index (κ2) is 8.91. The monoisotopic (exact) mass is 485 g/mol. The number of nitriles is 1. The molecule has 3 rings (SSSR count). The van der Waals surface area contributed by atoms with Gasteiger partial charge in [-0.3, -0.25) is 4.79 Å². The van der Waals surface area contributed by atoms with Crippen molar-refractivity contribution in [3.63, 3.8) is 0 Å². The number of amides is 1. The van der Waals surface area contributed by atoms with E-state index in [9.17, 15) is 28.3 Å². The van der Waals surface area contributed by atoms with E-state index in [0.29, 0.717) is 25.7 Å². The molecule has 1 N–H and O–H groups in total. The Morgan fingerprint density at radius 2 is 1.84 bits per heavy atom. The molecular weight excluding hydrogens is 466 g/mol. The molecule has 2 aromatic rings. The van der Waals surface area contributed by atoms with Gasteiger partial charge in [0.15, 0.2) is 5.60 Å². The fourth-order valence-electron chi connectivity index (χ4n) is 3.95. The summed E-state index contributed by atoms with van der Waals surface area (Å²) in [6.45, 7) is 5.54. The number of rotatable bonds is 6. The van der Waals surface area contributed by atoms with E-state index in [1.165, 1.54) is 24.3 Å². The molecule has 2 aromatic carbocycles. The zero-order chi connectivity index (χ0) is 23.8. The summed E-state index contributed by atoms with van der Waals surface area (Å²) in [6, 6.07) is 7.40. The molecule has 1 unspecified atom stereocenters. The average molecular weight is 486 g/mol. The molecule has 1 amide bonds. The van der Waals surface area contributed by atoms with Crippen LogP contribution in [-0.2, 0) is 16.6 Å². The van der Waals surface area contributed by atoms with Crippen LogP contribution in [0, 0.1) is 11.3 Å². The van der Waals surface area contributed by atoms with E-state index in [4.69, 9.17) is 23.2 Å². The van der Waals surface area contributed by atoms with Crippen molar-refractivity contribution in [2.45, 2.75) is 25.6 Å². The lowest BCUT2D eigenvalue weighted by Gasteiger charge is -2.27. The Kier molecular flexibility index (Phi) is 6.78. The van der Waals surface area contributed by atoms with Gasteiger partial charge in [0.2, 0.25) is 0 Å². The van der Waals surface area contributed by atoms with Crippen LogP contribution >= 0.6 is 23.2 Å². The highest BCUT2D eigenvalue weighted by atomic mass is 35.5. The number of carbonyl (C=O) groups is 1. The zero-order valence-electron chi connectivity index (χ0n) is 17.3. The van der Waals surface area contributed by atoms with Gasteiger partial charge in [0.25, 0.3) is 5.91 Å². The highest BCUT2D eigenvalue weighted by molar-refractivity contribution is 6.34. The molecule has 1 aliphatic heterocycles. The SMILES string of the molecule is CCN(CC)CCN1C(=O)C(O)(c2cc(Cl)ccc2Cl)c2c1cc(C#N)cc2C(F)(F)F. The van der Waals surface area contributed by atoms with Gasteiger partial charge in [0.05, 0.1) is 22.9 Å². The molecule has 0 aromatic heterocycles. The van der Waals surface area contributed by atoms with E-state index < -0.39 is 28.8 Å². The molecule has 0 radical (unpaired) electrons. The van der Waals surface area contributed by atoms with Crippen molar-refractivity contribution in [3.05, 3.63) is 62.6 Å². The van der Waals surface area contributed by atoms with Crippen LogP contribution in [0.3, 0.4) is 0 Å². The molecular formula is C22H20Cl2F3N3O2. The van der Waals surface area contributed by atoms with Gasteiger partial charge in [-0.1, -0.05) is 37.0 Å². The lowest BCUT2D eigenvalue weighted by Crippen LogP contribution is -2.44. The highest BCUT2D eigenvalue weighted by Crippen LogP contribution is 2.52. The van der Waals surface area contributed by atoms with Crippen LogP contribution in [0.4, 0.5) is 18.9 Å². The van der Waals surface area contributed by atoms with Gasteiger partial charge < -0.3 is 14.9 Å². The predicted molar refractivity (Wildman–Crippen MR) is 116 cm³/mol. The first-order valence-electron chi connectivity index (χ1n) is 9.87. The predicted octanol–water partition coefficient (Wildman–Crippen LogP) is 4.81. The van der Waals surface area contributed by atoms with Crippen molar-refractivity contribution in [2.24, 2.45) is 0 Å². The normalized spacial score (nSPS) is 18.2. The third kappa shape index (κ3) is 4.06. The molecule has 0 bridgehead atoms. The van der Waals surface area contributed by atoms with Crippen LogP contribution in [0.2, 0.25) is 10.0 Å². The lowest BCUT2D eigenvalue weighted by atomic mass is 9.84. The standard InChI is InChI=1S/C22H20Cl2F3N3O2/c1-3-29(4-2)7-8-30-18-10-13(12-28)9-16(22(25,26)27)19(18)21(32,20(30)31)15-11-14(23)5-6-17(15)24/h5-6,9-11,32H,3-4,7-8H2,1-2H3. The topological polar surface area (TPSA) is 67.6 Å². The Labute approximate surface area is 193 Å². The summed E-state index contributed by atoms with van der Waals surface area (Å²) in [5.74, 6) is -0.982. The number of benzene rings is 2. The van der Waals surface area contributed by atoms with Crippen LogP contribution in [0.5, 0.6) is 0 Å². The molecule has 0 saturated carbocycles. The number of hydrogen-bond donors (Lipinski definition) is 1. The van der Waals surface area contributed by atoms with Gasteiger partial charge in [0.1, 0.15) is 0 Å². The van der Waals surface area contributed by atoms with Gasteiger partial charge in [-0.25, -0.2) is 0 Å². The van der Waals surface area contributed by atoms with E-state index >= 15 is 0 Å². The minimum Gasteiger partial charge on any atom is -0.372 e. The minimum absolute atomic E-state index is 0.0141. The first-order valence-corrected chi connectivity index (χ1v) is 10.6. The number of halogens is 5. The maximum atomic E-state index is 14.1. The molecule has 170 valence electrons.